The minimum Gasteiger partial charge on any atom is -0.507 e. The van der Waals surface area contributed by atoms with Crippen LogP contribution in [-0.2, 0) is 14.3 Å². The van der Waals surface area contributed by atoms with E-state index in [1.54, 1.807) is 49.6 Å². The standard InChI is InChI=1S/C29H24N2O6S/c1-15-5-11-20-22(13-15)38-29(30-20)31-24(17-6-8-18(9-7-17)28(35)37-4)23(26(33)27(31)34)25(32)19-10-12-21(36-3)16(2)14-19/h5-14,24,32H,1-4H3/b25-23+. The van der Waals surface area contributed by atoms with Gasteiger partial charge in [0.1, 0.15) is 11.5 Å². The molecule has 38 heavy (non-hydrogen) atoms. The third-order valence-corrected chi connectivity index (χ3v) is 7.52. The number of thiazole rings is 1. The van der Waals surface area contributed by atoms with Gasteiger partial charge in [0, 0.05) is 5.56 Å². The highest BCUT2D eigenvalue weighted by atomic mass is 32.1. The second-order valence-electron chi connectivity index (χ2n) is 8.93. The summed E-state index contributed by atoms with van der Waals surface area (Å²) in [4.78, 5) is 44.9. The molecule has 0 spiro atoms. The number of rotatable bonds is 5. The van der Waals surface area contributed by atoms with E-state index >= 15 is 0 Å². The van der Waals surface area contributed by atoms with Crippen molar-refractivity contribution in [1.82, 2.24) is 4.98 Å². The second-order valence-corrected chi connectivity index (χ2v) is 9.94. The number of benzene rings is 3. The van der Waals surface area contributed by atoms with E-state index in [0.717, 1.165) is 15.8 Å². The van der Waals surface area contributed by atoms with Crippen molar-refractivity contribution in [3.63, 3.8) is 0 Å². The highest BCUT2D eigenvalue weighted by Gasteiger charge is 2.48. The number of hydrogen-bond acceptors (Lipinski definition) is 8. The minimum absolute atomic E-state index is 0.0687. The Labute approximate surface area is 222 Å². The van der Waals surface area contributed by atoms with Crippen LogP contribution in [0.5, 0.6) is 5.75 Å². The molecule has 1 saturated heterocycles. The molecule has 5 rings (SSSR count). The fourth-order valence-electron chi connectivity index (χ4n) is 4.57. The normalized spacial score (nSPS) is 16.7. The third kappa shape index (κ3) is 4.20. The number of aromatic nitrogens is 1. The van der Waals surface area contributed by atoms with Gasteiger partial charge in [-0.2, -0.15) is 0 Å². The fourth-order valence-corrected chi connectivity index (χ4v) is 5.66. The van der Waals surface area contributed by atoms with Crippen LogP contribution in [0, 0.1) is 13.8 Å². The highest BCUT2D eigenvalue weighted by Crippen LogP contribution is 2.44. The first-order valence-corrected chi connectivity index (χ1v) is 12.6. The predicted molar refractivity (Wildman–Crippen MR) is 145 cm³/mol. The molecule has 3 aromatic carbocycles. The average molecular weight is 529 g/mol. The van der Waals surface area contributed by atoms with Crippen LogP contribution in [0.2, 0.25) is 0 Å². The molecule has 1 aliphatic rings. The molecule has 1 aromatic heterocycles. The van der Waals surface area contributed by atoms with Crippen molar-refractivity contribution in [3.05, 3.63) is 94.1 Å². The summed E-state index contributed by atoms with van der Waals surface area (Å²) in [6.07, 6.45) is 0. The Bertz CT molecular complexity index is 1640. The molecule has 8 nitrogen and oxygen atoms in total. The van der Waals surface area contributed by atoms with Crippen molar-refractivity contribution in [1.29, 1.82) is 0 Å². The van der Waals surface area contributed by atoms with Crippen molar-refractivity contribution in [2.45, 2.75) is 19.9 Å². The number of aliphatic hydroxyl groups is 1. The van der Waals surface area contributed by atoms with Gasteiger partial charge < -0.3 is 14.6 Å². The van der Waals surface area contributed by atoms with E-state index in [4.69, 9.17) is 9.47 Å². The average Bonchev–Trinajstić information content (AvgIpc) is 3.45. The highest BCUT2D eigenvalue weighted by molar-refractivity contribution is 7.22. The Hall–Kier alpha value is -4.50. The van der Waals surface area contributed by atoms with Gasteiger partial charge in [0.2, 0.25) is 0 Å². The number of hydrogen-bond donors (Lipinski definition) is 1. The lowest BCUT2D eigenvalue weighted by Crippen LogP contribution is -2.29. The topological polar surface area (TPSA) is 106 Å². The maximum Gasteiger partial charge on any atom is 0.337 e. The Balaban J connectivity index is 1.71. The summed E-state index contributed by atoms with van der Waals surface area (Å²) >= 11 is 1.29. The van der Waals surface area contributed by atoms with Gasteiger partial charge in [-0.3, -0.25) is 14.5 Å². The molecular weight excluding hydrogens is 504 g/mol. The lowest BCUT2D eigenvalue weighted by molar-refractivity contribution is -0.132. The lowest BCUT2D eigenvalue weighted by Gasteiger charge is -2.23. The first-order valence-electron chi connectivity index (χ1n) is 11.7. The Morgan fingerprint density at radius 1 is 0.974 bits per heavy atom. The number of carbonyl (C=O) groups is 3. The van der Waals surface area contributed by atoms with Crippen LogP contribution in [0.4, 0.5) is 5.13 Å². The van der Waals surface area contributed by atoms with Crippen LogP contribution in [0.15, 0.2) is 66.2 Å². The van der Waals surface area contributed by atoms with Crippen LogP contribution in [0.1, 0.15) is 38.7 Å². The van der Waals surface area contributed by atoms with Gasteiger partial charge in [0.05, 0.1) is 41.6 Å². The molecule has 0 bridgehead atoms. The number of methoxy groups -OCH3 is 2. The Morgan fingerprint density at radius 2 is 1.68 bits per heavy atom. The molecule has 4 aromatic rings. The number of esters is 1. The number of fused-ring (bicyclic) bond motifs is 1. The molecule has 0 radical (unpaired) electrons. The number of ether oxygens (including phenoxy) is 2. The van der Waals surface area contributed by atoms with Gasteiger partial charge >= 0.3 is 11.9 Å². The summed E-state index contributed by atoms with van der Waals surface area (Å²) in [6, 6.07) is 16.2. The zero-order valence-electron chi connectivity index (χ0n) is 21.1. The zero-order valence-corrected chi connectivity index (χ0v) is 22.0. The van der Waals surface area contributed by atoms with E-state index in [1.165, 1.54) is 23.3 Å². The number of carbonyl (C=O) groups excluding carboxylic acids is 3. The van der Waals surface area contributed by atoms with E-state index in [-0.39, 0.29) is 11.3 Å². The molecule has 1 fully saturated rings. The fraction of sp³-hybridized carbons (Fsp3) is 0.172. The van der Waals surface area contributed by atoms with Crippen molar-refractivity contribution in [3.8, 4) is 5.75 Å². The first kappa shape index (κ1) is 25.2. The Kier molecular flexibility index (Phi) is 6.46. The van der Waals surface area contributed by atoms with Crippen molar-refractivity contribution in [2.75, 3.05) is 19.1 Å². The van der Waals surface area contributed by atoms with E-state index < -0.39 is 23.7 Å². The molecule has 1 atom stereocenters. The van der Waals surface area contributed by atoms with E-state index in [2.05, 4.69) is 4.98 Å². The van der Waals surface area contributed by atoms with Crippen LogP contribution in [0.3, 0.4) is 0 Å². The number of Topliss-reactive ketones (excluding diaryl/α,β-unsaturated/α-hetero) is 1. The molecule has 1 aliphatic heterocycles. The molecule has 192 valence electrons. The van der Waals surface area contributed by atoms with Crippen molar-refractivity contribution < 1.29 is 29.0 Å². The second kappa shape index (κ2) is 9.75. The predicted octanol–water partition coefficient (Wildman–Crippen LogP) is 5.33. The number of anilines is 1. The third-order valence-electron chi connectivity index (χ3n) is 6.50. The van der Waals surface area contributed by atoms with Crippen LogP contribution in [0.25, 0.3) is 16.0 Å². The summed E-state index contributed by atoms with van der Waals surface area (Å²) in [6.45, 7) is 3.78. The minimum atomic E-state index is -0.967. The maximum atomic E-state index is 13.5. The van der Waals surface area contributed by atoms with Gasteiger partial charge in [-0.15, -0.1) is 0 Å². The molecule has 1 N–H and O–H groups in total. The SMILES string of the molecule is COC(=O)c1ccc(C2/C(=C(\O)c3ccc(OC)c(C)c3)C(=O)C(=O)N2c2nc3ccc(C)cc3s2)cc1. The quantitative estimate of drug-likeness (QED) is 0.161. The largest absolute Gasteiger partial charge is 0.507 e. The number of nitrogens with zero attached hydrogens (tertiary/aromatic N) is 2. The van der Waals surface area contributed by atoms with Gasteiger partial charge in [-0.1, -0.05) is 29.5 Å². The lowest BCUT2D eigenvalue weighted by atomic mass is 9.94. The van der Waals surface area contributed by atoms with Crippen LogP contribution in [-0.4, -0.2) is 42.0 Å². The zero-order chi connectivity index (χ0) is 27.1. The number of ketones is 1. The van der Waals surface area contributed by atoms with E-state index in [9.17, 15) is 19.5 Å². The van der Waals surface area contributed by atoms with Gasteiger partial charge in [0.15, 0.2) is 5.13 Å². The van der Waals surface area contributed by atoms with E-state index in [1.807, 2.05) is 32.0 Å². The first-order chi connectivity index (χ1) is 18.2. The van der Waals surface area contributed by atoms with Crippen molar-refractivity contribution in [2.24, 2.45) is 0 Å². The summed E-state index contributed by atoms with van der Waals surface area (Å²) in [5.41, 5.74) is 3.64. The molecular formula is C29H24N2O6S. The molecule has 9 heteroatoms. The maximum absolute atomic E-state index is 13.5. The van der Waals surface area contributed by atoms with Gasteiger partial charge in [-0.05, 0) is 73.0 Å². The summed E-state index contributed by atoms with van der Waals surface area (Å²) in [7, 11) is 2.84. The van der Waals surface area contributed by atoms with Crippen molar-refractivity contribution >= 4 is 50.1 Å². The van der Waals surface area contributed by atoms with Crippen LogP contribution >= 0.6 is 11.3 Å². The molecule has 0 saturated carbocycles. The Morgan fingerprint density at radius 3 is 2.34 bits per heavy atom. The number of aryl methyl sites for hydroxylation is 2. The molecule has 1 unspecified atom stereocenters. The number of amides is 1. The van der Waals surface area contributed by atoms with Gasteiger partial charge in [-0.25, -0.2) is 9.78 Å². The van der Waals surface area contributed by atoms with Gasteiger partial charge in [0.25, 0.3) is 5.78 Å². The molecule has 0 aliphatic carbocycles. The monoisotopic (exact) mass is 528 g/mol. The number of aliphatic hydroxyl groups excluding tert-OH is 1. The smallest absolute Gasteiger partial charge is 0.337 e. The molecule has 1 amide bonds. The van der Waals surface area contributed by atoms with E-state index in [0.29, 0.717) is 33.1 Å². The summed E-state index contributed by atoms with van der Waals surface area (Å²) in [5.74, 6) is -1.82. The summed E-state index contributed by atoms with van der Waals surface area (Å²) < 4.78 is 11.0. The molecule has 2 heterocycles. The van der Waals surface area contributed by atoms with Crippen LogP contribution < -0.4 is 9.64 Å². The summed E-state index contributed by atoms with van der Waals surface area (Å²) in [5, 5.41) is 11.7.